The van der Waals surface area contributed by atoms with E-state index in [1.54, 1.807) is 13.2 Å². The fourth-order valence-electron chi connectivity index (χ4n) is 3.80. The van der Waals surface area contributed by atoms with Gasteiger partial charge in [-0.05, 0) is 61.9 Å². The number of benzene rings is 2. The van der Waals surface area contributed by atoms with Crippen LogP contribution < -0.4 is 4.74 Å². The number of halogens is 1. The lowest BCUT2D eigenvalue weighted by Crippen LogP contribution is -2.09. The molecule has 2 heterocycles. The highest BCUT2D eigenvalue weighted by atomic mass is 35.5. The normalized spacial score (nSPS) is 11.3. The number of hydrogen-bond acceptors (Lipinski definition) is 3. The fourth-order valence-corrected chi connectivity index (χ4v) is 3.98. The summed E-state index contributed by atoms with van der Waals surface area (Å²) in [5.74, 6) is -0.150. The van der Waals surface area contributed by atoms with Crippen LogP contribution in [0.25, 0.3) is 32.9 Å². The van der Waals surface area contributed by atoms with Gasteiger partial charge in [0.15, 0.2) is 0 Å². The minimum absolute atomic E-state index is 0.116. The van der Waals surface area contributed by atoms with Crippen LogP contribution in [0.15, 0.2) is 42.5 Å². The number of ether oxygens (including phenoxy) is 1. The van der Waals surface area contributed by atoms with Gasteiger partial charge in [-0.25, -0.2) is 0 Å². The van der Waals surface area contributed by atoms with Crippen LogP contribution in [0.1, 0.15) is 11.4 Å². The van der Waals surface area contributed by atoms with Gasteiger partial charge in [-0.3, -0.25) is 9.78 Å². The maximum Gasteiger partial charge on any atom is 0.323 e. The van der Waals surface area contributed by atoms with E-state index < -0.39 is 5.97 Å². The minimum atomic E-state index is -0.890. The Hall–Kier alpha value is -3.05. The third-order valence-electron chi connectivity index (χ3n) is 4.99. The summed E-state index contributed by atoms with van der Waals surface area (Å²) in [5.41, 5.74) is 5.39. The number of pyridine rings is 1. The van der Waals surface area contributed by atoms with E-state index in [0.717, 1.165) is 50.1 Å². The third-order valence-corrected chi connectivity index (χ3v) is 5.23. The molecule has 4 aromatic rings. The second-order valence-corrected chi connectivity index (χ2v) is 7.23. The zero-order valence-electron chi connectivity index (χ0n) is 15.8. The average Bonchev–Trinajstić information content (AvgIpc) is 2.91. The zero-order chi connectivity index (χ0) is 20.0. The first-order valence-electron chi connectivity index (χ1n) is 8.85. The molecule has 6 heteroatoms. The van der Waals surface area contributed by atoms with E-state index in [4.69, 9.17) is 16.3 Å². The quantitative estimate of drug-likeness (QED) is 0.515. The van der Waals surface area contributed by atoms with Gasteiger partial charge in [0.2, 0.25) is 0 Å². The predicted octanol–water partition coefficient (Wildman–Crippen LogP) is 5.22. The monoisotopic (exact) mass is 394 g/mol. The molecule has 2 aromatic carbocycles. The Balaban J connectivity index is 2.13. The van der Waals surface area contributed by atoms with Gasteiger partial charge >= 0.3 is 5.97 Å². The molecule has 0 aliphatic carbocycles. The van der Waals surface area contributed by atoms with Crippen LogP contribution in [-0.4, -0.2) is 27.7 Å². The molecule has 0 unspecified atom stereocenters. The molecule has 0 spiro atoms. The molecular formula is C22H19ClN2O3. The van der Waals surface area contributed by atoms with Gasteiger partial charge in [-0.2, -0.15) is 0 Å². The van der Waals surface area contributed by atoms with E-state index in [9.17, 15) is 9.90 Å². The topological polar surface area (TPSA) is 64.4 Å². The smallest absolute Gasteiger partial charge is 0.323 e. The summed E-state index contributed by atoms with van der Waals surface area (Å²) < 4.78 is 7.22. The Morgan fingerprint density at radius 1 is 1.14 bits per heavy atom. The molecule has 4 rings (SSSR count). The number of aromatic nitrogens is 2. The van der Waals surface area contributed by atoms with Gasteiger partial charge in [0.05, 0.1) is 12.6 Å². The number of carbonyl (C=O) groups is 1. The molecule has 1 N–H and O–H groups in total. The standard InChI is InChI=1S/C22H19ClN2O3/c1-12-8-17(16-10-15(28-3)5-6-19(16)24-12)22-13(2)25(11-21(26)27)20-7-4-14(23)9-18(20)22/h4-10H,11H2,1-3H3,(H,26,27). The van der Waals surface area contributed by atoms with Crippen molar-refractivity contribution in [1.82, 2.24) is 9.55 Å². The van der Waals surface area contributed by atoms with E-state index >= 15 is 0 Å². The average molecular weight is 395 g/mol. The first-order valence-corrected chi connectivity index (χ1v) is 9.22. The van der Waals surface area contributed by atoms with E-state index in [2.05, 4.69) is 4.98 Å². The fraction of sp³-hybridized carbons (Fsp3) is 0.182. The molecule has 0 aliphatic heterocycles. The Labute approximate surface area is 167 Å². The van der Waals surface area contributed by atoms with E-state index in [1.807, 2.05) is 54.8 Å². The first-order chi connectivity index (χ1) is 13.4. The Bertz CT molecular complexity index is 1240. The van der Waals surface area contributed by atoms with E-state index in [-0.39, 0.29) is 6.54 Å². The van der Waals surface area contributed by atoms with Crippen molar-refractivity contribution in [2.24, 2.45) is 0 Å². The molecule has 28 heavy (non-hydrogen) atoms. The number of rotatable bonds is 4. The molecule has 142 valence electrons. The predicted molar refractivity (Wildman–Crippen MR) is 111 cm³/mol. The number of carboxylic acid groups (broad SMARTS) is 1. The lowest BCUT2D eigenvalue weighted by atomic mass is 9.97. The molecule has 2 aromatic heterocycles. The molecule has 0 bridgehead atoms. The van der Waals surface area contributed by atoms with Crippen molar-refractivity contribution in [1.29, 1.82) is 0 Å². The summed E-state index contributed by atoms with van der Waals surface area (Å²) in [6.45, 7) is 3.77. The molecular weight excluding hydrogens is 376 g/mol. The molecule has 0 saturated heterocycles. The molecule has 0 amide bonds. The highest BCUT2D eigenvalue weighted by Crippen LogP contribution is 2.40. The van der Waals surface area contributed by atoms with E-state index in [0.29, 0.717) is 5.02 Å². The molecule has 0 fully saturated rings. The summed E-state index contributed by atoms with van der Waals surface area (Å²) in [4.78, 5) is 16.1. The molecule has 0 aliphatic rings. The second-order valence-electron chi connectivity index (χ2n) is 6.80. The SMILES string of the molecule is COc1ccc2nc(C)cc(-c3c(C)n(CC(=O)O)c4ccc(Cl)cc34)c2c1. The number of hydrogen-bond donors (Lipinski definition) is 1. The lowest BCUT2D eigenvalue weighted by molar-refractivity contribution is -0.137. The summed E-state index contributed by atoms with van der Waals surface area (Å²) in [6.07, 6.45) is 0. The Morgan fingerprint density at radius 2 is 1.93 bits per heavy atom. The number of methoxy groups -OCH3 is 1. The largest absolute Gasteiger partial charge is 0.497 e. The number of fused-ring (bicyclic) bond motifs is 2. The number of aliphatic carboxylic acids is 1. The van der Waals surface area contributed by atoms with Gasteiger partial charge in [0, 0.05) is 38.3 Å². The van der Waals surface area contributed by atoms with Crippen molar-refractivity contribution in [3.63, 3.8) is 0 Å². The Morgan fingerprint density at radius 3 is 2.64 bits per heavy atom. The van der Waals surface area contributed by atoms with Crippen molar-refractivity contribution in [2.75, 3.05) is 7.11 Å². The number of aryl methyl sites for hydroxylation is 1. The number of nitrogens with zero attached hydrogens (tertiary/aromatic N) is 2. The van der Waals surface area contributed by atoms with Gasteiger partial charge in [0.25, 0.3) is 0 Å². The van der Waals surface area contributed by atoms with Crippen molar-refractivity contribution < 1.29 is 14.6 Å². The molecule has 0 atom stereocenters. The lowest BCUT2D eigenvalue weighted by Gasteiger charge is -2.11. The van der Waals surface area contributed by atoms with Crippen LogP contribution in [0.2, 0.25) is 5.02 Å². The van der Waals surface area contributed by atoms with Crippen LogP contribution >= 0.6 is 11.6 Å². The maximum atomic E-state index is 11.5. The highest BCUT2D eigenvalue weighted by molar-refractivity contribution is 6.31. The Kier molecular flexibility index (Phi) is 4.47. The summed E-state index contributed by atoms with van der Waals surface area (Å²) in [5, 5.41) is 11.9. The minimum Gasteiger partial charge on any atom is -0.497 e. The molecule has 0 radical (unpaired) electrons. The first kappa shape index (κ1) is 18.3. The number of carboxylic acids is 1. The summed E-state index contributed by atoms with van der Waals surface area (Å²) in [6, 6.07) is 13.3. The van der Waals surface area contributed by atoms with Crippen LogP contribution in [0.5, 0.6) is 5.75 Å². The van der Waals surface area contributed by atoms with Gasteiger partial charge < -0.3 is 14.4 Å². The zero-order valence-corrected chi connectivity index (χ0v) is 16.5. The maximum absolute atomic E-state index is 11.5. The molecule has 5 nitrogen and oxygen atoms in total. The van der Waals surface area contributed by atoms with Gasteiger partial charge in [0.1, 0.15) is 12.3 Å². The second kappa shape index (κ2) is 6.84. The van der Waals surface area contributed by atoms with Crippen LogP contribution in [0.4, 0.5) is 0 Å². The third kappa shape index (κ3) is 2.98. The molecule has 0 saturated carbocycles. The van der Waals surface area contributed by atoms with Crippen molar-refractivity contribution >= 4 is 39.4 Å². The summed E-state index contributed by atoms with van der Waals surface area (Å²) >= 11 is 6.28. The van der Waals surface area contributed by atoms with Crippen molar-refractivity contribution in [3.8, 4) is 16.9 Å². The van der Waals surface area contributed by atoms with Crippen LogP contribution in [0, 0.1) is 13.8 Å². The van der Waals surface area contributed by atoms with Crippen molar-refractivity contribution in [3.05, 3.63) is 58.9 Å². The van der Waals surface area contributed by atoms with E-state index in [1.165, 1.54) is 0 Å². The van der Waals surface area contributed by atoms with Crippen LogP contribution in [0.3, 0.4) is 0 Å². The summed E-state index contributed by atoms with van der Waals surface area (Å²) in [7, 11) is 1.63. The van der Waals surface area contributed by atoms with Crippen LogP contribution in [-0.2, 0) is 11.3 Å². The van der Waals surface area contributed by atoms with Gasteiger partial charge in [-0.1, -0.05) is 11.6 Å². The van der Waals surface area contributed by atoms with Crippen molar-refractivity contribution in [2.45, 2.75) is 20.4 Å². The highest BCUT2D eigenvalue weighted by Gasteiger charge is 2.20. The van der Waals surface area contributed by atoms with Gasteiger partial charge in [-0.15, -0.1) is 0 Å².